The lowest BCUT2D eigenvalue weighted by atomic mass is 10.1. The van der Waals surface area contributed by atoms with Crippen LogP contribution in [-0.2, 0) is 6.54 Å². The minimum Gasteiger partial charge on any atom is -0.350 e. The van der Waals surface area contributed by atoms with Crippen molar-refractivity contribution < 1.29 is 9.59 Å². The van der Waals surface area contributed by atoms with Crippen LogP contribution in [0.4, 0.5) is 0 Å². The van der Waals surface area contributed by atoms with E-state index in [1.165, 1.54) is 4.80 Å². The molecular formula is C23H30N8O2. The van der Waals surface area contributed by atoms with Crippen LogP contribution in [0.3, 0.4) is 0 Å². The van der Waals surface area contributed by atoms with Crippen molar-refractivity contribution in [1.29, 1.82) is 0 Å². The number of hydrogen-bond acceptors (Lipinski definition) is 5. The smallest absolute Gasteiger partial charge is 0.251 e. The third kappa shape index (κ3) is 8.19. The molecule has 0 unspecified atom stereocenters. The Morgan fingerprint density at radius 2 is 1.73 bits per heavy atom. The van der Waals surface area contributed by atoms with Crippen LogP contribution in [0, 0.1) is 0 Å². The molecule has 0 radical (unpaired) electrons. The summed E-state index contributed by atoms with van der Waals surface area (Å²) in [5.74, 6) is -0.398. The Balaban J connectivity index is 0.00000129. The molecule has 0 atom stereocenters. The molecule has 3 rings (SSSR count). The highest BCUT2D eigenvalue weighted by Gasteiger charge is 2.11. The predicted molar refractivity (Wildman–Crippen MR) is 128 cm³/mol. The molecule has 1 aromatic heterocycles. The van der Waals surface area contributed by atoms with E-state index in [2.05, 4.69) is 30.8 Å². The molecule has 10 heteroatoms. The summed E-state index contributed by atoms with van der Waals surface area (Å²) in [6.45, 7) is 12.1. The van der Waals surface area contributed by atoms with E-state index in [1.807, 2.05) is 47.6 Å². The molecule has 0 aliphatic carbocycles. The SMILES string of the molecule is CC.CC.CC(C)NC(=O)c1cccc(-c2nnn(Cc3ccc(C(=O)N=[N+]=[N-])cc3)n2)c1. The molecule has 10 nitrogen and oxygen atoms in total. The van der Waals surface area contributed by atoms with Gasteiger partial charge in [-0.2, -0.15) is 4.80 Å². The van der Waals surface area contributed by atoms with Crippen molar-refractivity contribution in [3.05, 3.63) is 75.7 Å². The first-order chi connectivity index (χ1) is 16.0. The zero-order chi connectivity index (χ0) is 24.8. The van der Waals surface area contributed by atoms with Crippen molar-refractivity contribution in [2.75, 3.05) is 0 Å². The van der Waals surface area contributed by atoms with Gasteiger partial charge in [-0.3, -0.25) is 9.59 Å². The standard InChI is InChI=1S/C19H18N8O2.2C2H6/c1-12(2)21-18(28)16-5-3-4-15(10-16)17-22-26-27(24-17)11-13-6-8-14(9-7-13)19(29)23-25-20;2*1-2/h3-10,12H,11H2,1-2H3,(H,21,28);2*1-2H3. The topological polar surface area (TPSA) is 139 Å². The quantitative estimate of drug-likeness (QED) is 0.319. The van der Waals surface area contributed by atoms with Gasteiger partial charge in [0.15, 0.2) is 0 Å². The molecule has 2 amide bonds. The lowest BCUT2D eigenvalue weighted by Gasteiger charge is -2.08. The maximum atomic E-state index is 12.2. The van der Waals surface area contributed by atoms with E-state index in [9.17, 15) is 9.59 Å². The first kappa shape index (κ1) is 27.0. The third-order valence-electron chi connectivity index (χ3n) is 3.92. The highest BCUT2D eigenvalue weighted by molar-refractivity contribution is 5.95. The number of hydrogen-bond donors (Lipinski definition) is 1. The van der Waals surface area contributed by atoms with Crippen LogP contribution in [0.1, 0.15) is 67.8 Å². The van der Waals surface area contributed by atoms with Crippen molar-refractivity contribution in [3.8, 4) is 11.4 Å². The van der Waals surface area contributed by atoms with Crippen LogP contribution in [0.15, 0.2) is 53.6 Å². The van der Waals surface area contributed by atoms with E-state index in [4.69, 9.17) is 5.53 Å². The minimum absolute atomic E-state index is 0.0403. The summed E-state index contributed by atoms with van der Waals surface area (Å²) in [4.78, 5) is 27.6. The van der Waals surface area contributed by atoms with Gasteiger partial charge in [0.25, 0.3) is 5.91 Å². The average molecular weight is 451 g/mol. The van der Waals surface area contributed by atoms with Gasteiger partial charge in [0.2, 0.25) is 11.7 Å². The van der Waals surface area contributed by atoms with Crippen LogP contribution in [0.25, 0.3) is 21.8 Å². The molecule has 1 heterocycles. The summed E-state index contributed by atoms with van der Waals surface area (Å²) < 4.78 is 0. The van der Waals surface area contributed by atoms with Gasteiger partial charge in [0.1, 0.15) is 0 Å². The molecule has 33 heavy (non-hydrogen) atoms. The van der Waals surface area contributed by atoms with Crippen molar-refractivity contribution in [2.45, 2.75) is 54.1 Å². The number of tetrazole rings is 1. The lowest BCUT2D eigenvalue weighted by Crippen LogP contribution is -2.30. The van der Waals surface area contributed by atoms with E-state index < -0.39 is 5.91 Å². The number of carbonyl (C=O) groups excluding carboxylic acids is 2. The average Bonchev–Trinajstić information content (AvgIpc) is 3.30. The molecule has 0 spiro atoms. The molecule has 0 aliphatic heterocycles. The number of azide groups is 1. The van der Waals surface area contributed by atoms with Gasteiger partial charge in [0.05, 0.1) is 6.54 Å². The molecular weight excluding hydrogens is 420 g/mol. The second-order valence-electron chi connectivity index (χ2n) is 6.54. The van der Waals surface area contributed by atoms with Gasteiger partial charge in [0, 0.05) is 27.6 Å². The van der Waals surface area contributed by atoms with Crippen molar-refractivity contribution in [1.82, 2.24) is 25.5 Å². The Labute approximate surface area is 193 Å². The van der Waals surface area contributed by atoms with E-state index in [0.717, 1.165) is 5.56 Å². The Morgan fingerprint density at radius 1 is 1.06 bits per heavy atom. The Morgan fingerprint density at radius 3 is 2.33 bits per heavy atom. The van der Waals surface area contributed by atoms with E-state index in [-0.39, 0.29) is 11.9 Å². The predicted octanol–water partition coefficient (Wildman–Crippen LogP) is 5.03. The Kier molecular flexibility index (Phi) is 11.5. The molecule has 0 bridgehead atoms. The maximum absolute atomic E-state index is 12.2. The first-order valence-corrected chi connectivity index (χ1v) is 10.8. The van der Waals surface area contributed by atoms with Crippen molar-refractivity contribution in [2.24, 2.45) is 5.11 Å². The molecule has 0 saturated heterocycles. The normalized spacial score (nSPS) is 9.55. The van der Waals surface area contributed by atoms with E-state index >= 15 is 0 Å². The van der Waals surface area contributed by atoms with Crippen molar-refractivity contribution >= 4 is 11.8 Å². The monoisotopic (exact) mass is 450 g/mol. The van der Waals surface area contributed by atoms with Gasteiger partial charge >= 0.3 is 0 Å². The van der Waals surface area contributed by atoms with Gasteiger partial charge in [-0.25, -0.2) is 0 Å². The summed E-state index contributed by atoms with van der Waals surface area (Å²) in [5.41, 5.74) is 10.7. The van der Waals surface area contributed by atoms with Crippen LogP contribution < -0.4 is 5.32 Å². The van der Waals surface area contributed by atoms with Crippen LogP contribution in [-0.4, -0.2) is 38.1 Å². The zero-order valence-electron chi connectivity index (χ0n) is 19.9. The molecule has 1 N–H and O–H groups in total. The summed E-state index contributed by atoms with van der Waals surface area (Å²) in [5, 5.41) is 18.3. The highest BCUT2D eigenvalue weighted by atomic mass is 16.2. The first-order valence-electron chi connectivity index (χ1n) is 10.8. The molecule has 3 aromatic rings. The van der Waals surface area contributed by atoms with E-state index in [1.54, 1.807) is 42.5 Å². The van der Waals surface area contributed by atoms with Crippen LogP contribution in [0.2, 0.25) is 0 Å². The Hall–Kier alpha value is -4.04. The molecule has 2 aromatic carbocycles. The van der Waals surface area contributed by atoms with Gasteiger partial charge in [-0.05, 0) is 47.4 Å². The third-order valence-corrected chi connectivity index (χ3v) is 3.92. The number of carbonyl (C=O) groups is 2. The fourth-order valence-corrected chi connectivity index (χ4v) is 2.59. The minimum atomic E-state index is -0.637. The number of aromatic nitrogens is 4. The summed E-state index contributed by atoms with van der Waals surface area (Å²) in [6, 6.07) is 13.6. The van der Waals surface area contributed by atoms with Crippen LogP contribution in [0.5, 0.6) is 0 Å². The van der Waals surface area contributed by atoms with Gasteiger partial charge < -0.3 is 5.32 Å². The van der Waals surface area contributed by atoms with Gasteiger partial charge in [-0.1, -0.05) is 64.1 Å². The summed E-state index contributed by atoms with van der Waals surface area (Å²) in [7, 11) is 0. The fourth-order valence-electron chi connectivity index (χ4n) is 2.59. The van der Waals surface area contributed by atoms with Crippen LogP contribution >= 0.6 is 0 Å². The fraction of sp³-hybridized carbons (Fsp3) is 0.348. The Bertz CT molecular complexity index is 1080. The summed E-state index contributed by atoms with van der Waals surface area (Å²) in [6.07, 6.45) is 0. The number of benzene rings is 2. The summed E-state index contributed by atoms with van der Waals surface area (Å²) >= 11 is 0. The highest BCUT2D eigenvalue weighted by Crippen LogP contribution is 2.16. The second-order valence-corrected chi connectivity index (χ2v) is 6.54. The molecule has 0 aliphatic rings. The van der Waals surface area contributed by atoms with Gasteiger partial charge in [-0.15, -0.1) is 10.2 Å². The molecule has 0 saturated carbocycles. The number of rotatable bonds is 6. The number of nitrogens with zero attached hydrogens (tertiary/aromatic N) is 7. The zero-order valence-corrected chi connectivity index (χ0v) is 19.9. The van der Waals surface area contributed by atoms with Crippen molar-refractivity contribution in [3.63, 3.8) is 0 Å². The number of amides is 2. The molecule has 0 fully saturated rings. The largest absolute Gasteiger partial charge is 0.350 e. The van der Waals surface area contributed by atoms with E-state index in [0.29, 0.717) is 29.1 Å². The number of nitrogens with one attached hydrogen (secondary N) is 1. The second kappa shape index (κ2) is 14.1. The molecule has 174 valence electrons. The maximum Gasteiger partial charge on any atom is 0.251 e. The lowest BCUT2D eigenvalue weighted by molar-refractivity contribution is 0.0942.